The van der Waals surface area contributed by atoms with E-state index in [1.165, 1.54) is 69.3 Å². The predicted molar refractivity (Wildman–Crippen MR) is 85.3 cm³/mol. The molecule has 2 nitrogen and oxygen atoms in total. The first kappa shape index (κ1) is 16.3. The summed E-state index contributed by atoms with van der Waals surface area (Å²) in [6, 6.07) is 0. The van der Waals surface area contributed by atoms with Gasteiger partial charge in [0, 0.05) is 12.2 Å². The molecule has 1 rings (SSSR count). The molecule has 1 heterocycles. The molecule has 19 heavy (non-hydrogen) atoms. The summed E-state index contributed by atoms with van der Waals surface area (Å²) in [6.45, 7) is 12.0. The average Bonchev–Trinajstić information content (AvgIpc) is 2.38. The Morgan fingerprint density at radius 3 is 2.63 bits per heavy atom. The highest BCUT2D eigenvalue weighted by atomic mass is 14.9. The molecule has 1 fully saturated rings. The van der Waals surface area contributed by atoms with Crippen LogP contribution >= 0.6 is 0 Å². The zero-order valence-electron chi connectivity index (χ0n) is 12.9. The molecule has 0 saturated carbocycles. The average molecular weight is 264 g/mol. The van der Waals surface area contributed by atoms with E-state index in [1.807, 2.05) is 0 Å². The SMILES string of the molecule is C=C(CC1CCNCC1)NCCCCCC=C(C)C. The normalized spacial score (nSPS) is 16.1. The molecule has 0 unspecified atom stereocenters. The third-order valence-electron chi connectivity index (χ3n) is 3.80. The highest BCUT2D eigenvalue weighted by molar-refractivity contribution is 4.94. The van der Waals surface area contributed by atoms with Crippen molar-refractivity contribution in [1.29, 1.82) is 0 Å². The summed E-state index contributed by atoms with van der Waals surface area (Å²) in [5.41, 5.74) is 2.68. The second kappa shape index (κ2) is 10.1. The zero-order chi connectivity index (χ0) is 13.9. The Bertz CT molecular complexity index is 271. The van der Waals surface area contributed by atoms with E-state index in [-0.39, 0.29) is 0 Å². The van der Waals surface area contributed by atoms with Crippen molar-refractivity contribution in [1.82, 2.24) is 10.6 Å². The van der Waals surface area contributed by atoms with Gasteiger partial charge in [0.15, 0.2) is 0 Å². The fourth-order valence-electron chi connectivity index (χ4n) is 2.61. The van der Waals surface area contributed by atoms with Crippen molar-refractivity contribution >= 4 is 0 Å². The van der Waals surface area contributed by atoms with Gasteiger partial charge >= 0.3 is 0 Å². The Morgan fingerprint density at radius 2 is 1.95 bits per heavy atom. The molecule has 0 aromatic carbocycles. The number of piperidine rings is 1. The van der Waals surface area contributed by atoms with E-state index in [4.69, 9.17) is 0 Å². The minimum absolute atomic E-state index is 0.846. The molecule has 1 saturated heterocycles. The first-order valence-electron chi connectivity index (χ1n) is 7.94. The molecular weight excluding hydrogens is 232 g/mol. The smallest absolute Gasteiger partial charge is 0.0143 e. The van der Waals surface area contributed by atoms with Gasteiger partial charge in [-0.1, -0.05) is 24.6 Å². The largest absolute Gasteiger partial charge is 0.389 e. The summed E-state index contributed by atoms with van der Waals surface area (Å²) in [6.07, 6.45) is 11.3. The highest BCUT2D eigenvalue weighted by Crippen LogP contribution is 2.18. The molecule has 110 valence electrons. The standard InChI is InChI=1S/C17H32N2/c1-15(2)8-6-4-5-7-11-19-16(3)14-17-9-12-18-13-10-17/h8,17-19H,3-7,9-14H2,1-2H3. The predicted octanol–water partition coefficient (Wildman–Crippen LogP) is 4.01. The Labute approximate surface area is 119 Å². The lowest BCUT2D eigenvalue weighted by Crippen LogP contribution is -2.29. The maximum Gasteiger partial charge on any atom is 0.0143 e. The number of allylic oxidation sites excluding steroid dienone is 3. The van der Waals surface area contributed by atoms with Gasteiger partial charge in [-0.25, -0.2) is 0 Å². The first-order chi connectivity index (χ1) is 9.18. The molecule has 0 amide bonds. The van der Waals surface area contributed by atoms with Gasteiger partial charge < -0.3 is 10.6 Å². The minimum Gasteiger partial charge on any atom is -0.389 e. The molecule has 0 bridgehead atoms. The van der Waals surface area contributed by atoms with Crippen LogP contribution in [0.25, 0.3) is 0 Å². The van der Waals surface area contributed by atoms with Crippen LogP contribution in [-0.2, 0) is 0 Å². The van der Waals surface area contributed by atoms with E-state index in [9.17, 15) is 0 Å². The Balaban J connectivity index is 1.93. The third-order valence-corrected chi connectivity index (χ3v) is 3.80. The maximum absolute atomic E-state index is 4.16. The van der Waals surface area contributed by atoms with E-state index in [2.05, 4.69) is 37.1 Å². The molecule has 2 N–H and O–H groups in total. The fraction of sp³-hybridized carbons (Fsp3) is 0.765. The van der Waals surface area contributed by atoms with E-state index in [1.54, 1.807) is 0 Å². The van der Waals surface area contributed by atoms with Crippen LogP contribution in [0.15, 0.2) is 23.9 Å². The maximum atomic E-state index is 4.16. The van der Waals surface area contributed by atoms with Crippen molar-refractivity contribution in [2.24, 2.45) is 5.92 Å². The van der Waals surface area contributed by atoms with E-state index < -0.39 is 0 Å². The van der Waals surface area contributed by atoms with Crippen LogP contribution in [0.4, 0.5) is 0 Å². The Morgan fingerprint density at radius 1 is 1.21 bits per heavy atom. The van der Waals surface area contributed by atoms with Crippen molar-refractivity contribution < 1.29 is 0 Å². The summed E-state index contributed by atoms with van der Waals surface area (Å²) >= 11 is 0. The van der Waals surface area contributed by atoms with Crippen LogP contribution in [0, 0.1) is 5.92 Å². The zero-order valence-corrected chi connectivity index (χ0v) is 12.9. The third kappa shape index (κ3) is 8.88. The lowest BCUT2D eigenvalue weighted by molar-refractivity contribution is 0.366. The van der Waals surface area contributed by atoms with Crippen LogP contribution < -0.4 is 10.6 Å². The monoisotopic (exact) mass is 264 g/mol. The molecular formula is C17H32N2. The van der Waals surface area contributed by atoms with Crippen molar-refractivity contribution in [3.63, 3.8) is 0 Å². The molecule has 0 aliphatic carbocycles. The molecule has 0 radical (unpaired) electrons. The second-order valence-corrected chi connectivity index (χ2v) is 6.06. The van der Waals surface area contributed by atoms with Crippen molar-refractivity contribution in [3.05, 3.63) is 23.9 Å². The summed E-state index contributed by atoms with van der Waals surface area (Å²) < 4.78 is 0. The molecule has 1 aliphatic rings. The molecule has 0 aromatic heterocycles. The summed E-state index contributed by atoms with van der Waals surface area (Å²) in [5.74, 6) is 0.846. The molecule has 2 heteroatoms. The Kier molecular flexibility index (Phi) is 8.64. The van der Waals surface area contributed by atoms with Crippen LogP contribution in [-0.4, -0.2) is 19.6 Å². The summed E-state index contributed by atoms with van der Waals surface area (Å²) in [7, 11) is 0. The van der Waals surface area contributed by atoms with Crippen molar-refractivity contribution in [2.75, 3.05) is 19.6 Å². The van der Waals surface area contributed by atoms with Gasteiger partial charge in [0.1, 0.15) is 0 Å². The first-order valence-corrected chi connectivity index (χ1v) is 7.94. The number of nitrogens with one attached hydrogen (secondary N) is 2. The van der Waals surface area contributed by atoms with E-state index in [0.717, 1.165) is 12.5 Å². The van der Waals surface area contributed by atoms with Crippen LogP contribution in [0.1, 0.15) is 58.8 Å². The van der Waals surface area contributed by atoms with E-state index >= 15 is 0 Å². The number of unbranched alkanes of at least 4 members (excludes halogenated alkanes) is 3. The summed E-state index contributed by atoms with van der Waals surface area (Å²) in [4.78, 5) is 0. The second-order valence-electron chi connectivity index (χ2n) is 6.06. The fourth-order valence-corrected chi connectivity index (χ4v) is 2.61. The van der Waals surface area contributed by atoms with Gasteiger partial charge in [-0.15, -0.1) is 0 Å². The van der Waals surface area contributed by atoms with Crippen LogP contribution in [0.2, 0.25) is 0 Å². The van der Waals surface area contributed by atoms with Gasteiger partial charge in [0.25, 0.3) is 0 Å². The van der Waals surface area contributed by atoms with Gasteiger partial charge in [-0.2, -0.15) is 0 Å². The number of rotatable bonds is 9. The van der Waals surface area contributed by atoms with Gasteiger partial charge in [0.2, 0.25) is 0 Å². The lowest BCUT2D eigenvalue weighted by Gasteiger charge is -2.23. The van der Waals surface area contributed by atoms with Gasteiger partial charge in [-0.05, 0) is 71.4 Å². The van der Waals surface area contributed by atoms with Crippen molar-refractivity contribution in [3.8, 4) is 0 Å². The summed E-state index contributed by atoms with van der Waals surface area (Å²) in [5, 5.41) is 6.91. The number of hydrogen-bond donors (Lipinski definition) is 2. The molecule has 0 spiro atoms. The van der Waals surface area contributed by atoms with E-state index in [0.29, 0.717) is 0 Å². The minimum atomic E-state index is 0.846. The highest BCUT2D eigenvalue weighted by Gasteiger charge is 2.13. The topological polar surface area (TPSA) is 24.1 Å². The molecule has 1 aliphatic heterocycles. The Hall–Kier alpha value is -0.760. The molecule has 0 atom stereocenters. The van der Waals surface area contributed by atoms with Crippen molar-refractivity contribution in [2.45, 2.75) is 58.8 Å². The lowest BCUT2D eigenvalue weighted by atomic mass is 9.93. The van der Waals surface area contributed by atoms with Gasteiger partial charge in [0.05, 0.1) is 0 Å². The van der Waals surface area contributed by atoms with Crippen LogP contribution in [0.5, 0.6) is 0 Å². The number of hydrogen-bond acceptors (Lipinski definition) is 2. The van der Waals surface area contributed by atoms with Crippen LogP contribution in [0.3, 0.4) is 0 Å². The quantitative estimate of drug-likeness (QED) is 0.486. The molecule has 0 aromatic rings. The van der Waals surface area contributed by atoms with Gasteiger partial charge in [-0.3, -0.25) is 0 Å².